The minimum absolute atomic E-state index is 0.277. The monoisotopic (exact) mass is 372 g/mol. The minimum Gasteiger partial charge on any atom is -0.508 e. The second-order valence-corrected chi connectivity index (χ2v) is 6.87. The number of hydrogen-bond acceptors (Lipinski definition) is 3. The predicted octanol–water partition coefficient (Wildman–Crippen LogP) is 5.31. The van der Waals surface area contributed by atoms with E-state index in [0.29, 0.717) is 0 Å². The van der Waals surface area contributed by atoms with E-state index < -0.39 is 0 Å². The van der Waals surface area contributed by atoms with Crippen LogP contribution in [0, 0.1) is 0 Å². The quantitative estimate of drug-likeness (QED) is 0.416. The summed E-state index contributed by atoms with van der Waals surface area (Å²) in [6.45, 7) is 3.18. The fourth-order valence-corrected chi connectivity index (χ4v) is 3.47. The lowest BCUT2D eigenvalue weighted by molar-refractivity contribution is 0.475. The number of rotatable bonds is 8. The maximum absolute atomic E-state index is 9.73. The van der Waals surface area contributed by atoms with Crippen LogP contribution in [0.2, 0.25) is 0 Å². The number of allylic oxidation sites excluding steroid dienone is 1. The molecule has 28 heavy (non-hydrogen) atoms. The summed E-state index contributed by atoms with van der Waals surface area (Å²) in [5.41, 5.74) is 6.96. The van der Waals surface area contributed by atoms with Crippen LogP contribution >= 0.6 is 0 Å². The third-order valence-electron chi connectivity index (χ3n) is 4.91. The molecule has 0 spiro atoms. The number of aryl methyl sites for hydroxylation is 1. The van der Waals surface area contributed by atoms with Gasteiger partial charge < -0.3 is 10.4 Å². The zero-order valence-corrected chi connectivity index (χ0v) is 16.7. The lowest BCUT2D eigenvalue weighted by atomic mass is 9.89. The number of aromatic hydroxyl groups is 1. The number of phenolic OH excluding ortho intramolecular Hbond substituents is 1. The number of hydrogen-bond donors (Lipinski definition) is 2. The molecule has 144 valence electrons. The number of nitrogens with one attached hydrogen (secondary N) is 1. The van der Waals surface area contributed by atoms with Crippen molar-refractivity contribution in [3.05, 3.63) is 95.3 Å². The molecule has 2 N–H and O–H groups in total. The highest BCUT2D eigenvalue weighted by Crippen LogP contribution is 2.34. The molecule has 3 nitrogen and oxygen atoms in total. The number of phenols is 1. The van der Waals surface area contributed by atoms with Gasteiger partial charge in [-0.1, -0.05) is 55.5 Å². The predicted molar refractivity (Wildman–Crippen MR) is 117 cm³/mol. The topological polar surface area (TPSA) is 45.1 Å². The van der Waals surface area contributed by atoms with Gasteiger partial charge in [0.25, 0.3) is 0 Å². The number of nitrogens with zero attached hydrogens (tertiary/aromatic N) is 1. The maximum atomic E-state index is 9.73. The van der Waals surface area contributed by atoms with Gasteiger partial charge in [-0.3, -0.25) is 4.98 Å². The number of benzene rings is 2. The zero-order valence-electron chi connectivity index (χ0n) is 16.7. The van der Waals surface area contributed by atoms with Gasteiger partial charge in [0.15, 0.2) is 0 Å². The van der Waals surface area contributed by atoms with E-state index in [0.717, 1.165) is 42.6 Å². The molecule has 3 heteroatoms. The molecule has 0 saturated carbocycles. The van der Waals surface area contributed by atoms with E-state index in [1.165, 1.54) is 16.7 Å². The molecule has 0 aliphatic rings. The molecule has 0 atom stereocenters. The lowest BCUT2D eigenvalue weighted by Crippen LogP contribution is -2.08. The van der Waals surface area contributed by atoms with Crippen LogP contribution in [0.15, 0.2) is 72.9 Å². The van der Waals surface area contributed by atoms with Gasteiger partial charge in [0.2, 0.25) is 0 Å². The molecule has 3 aromatic rings. The van der Waals surface area contributed by atoms with Gasteiger partial charge in [-0.15, -0.1) is 0 Å². The van der Waals surface area contributed by atoms with Gasteiger partial charge in [-0.2, -0.15) is 0 Å². The molecule has 3 rings (SSSR count). The molecular weight excluding hydrogens is 344 g/mol. The van der Waals surface area contributed by atoms with Gasteiger partial charge >= 0.3 is 0 Å². The Kier molecular flexibility index (Phi) is 6.99. The van der Waals surface area contributed by atoms with Crippen LogP contribution in [0.1, 0.15) is 42.1 Å². The first kappa shape index (κ1) is 19.8. The van der Waals surface area contributed by atoms with Crippen LogP contribution < -0.4 is 5.32 Å². The summed E-state index contributed by atoms with van der Waals surface area (Å²) in [5, 5.41) is 12.9. The average Bonchev–Trinajstić information content (AvgIpc) is 2.74. The second-order valence-electron chi connectivity index (χ2n) is 6.87. The van der Waals surface area contributed by atoms with E-state index in [9.17, 15) is 5.11 Å². The molecule has 1 heterocycles. The van der Waals surface area contributed by atoms with Gasteiger partial charge in [-0.05, 0) is 73.3 Å². The highest BCUT2D eigenvalue weighted by molar-refractivity contribution is 5.98. The van der Waals surface area contributed by atoms with Crippen LogP contribution in [0.4, 0.5) is 0 Å². The molecule has 0 radical (unpaired) electrons. The standard InChI is InChI=1S/C25H28N2O/c1-3-24(19-8-5-4-6-9-19)25(20-12-15-23(28)16-13-20)21-11-14-22(27-18-21)10-7-17-26-2/h4-6,8-9,11-16,18,26,28H,3,7,10,17H2,1-2H3/b25-24-. The van der Waals surface area contributed by atoms with Gasteiger partial charge in [0, 0.05) is 17.5 Å². The molecule has 0 saturated heterocycles. The molecule has 0 amide bonds. The lowest BCUT2D eigenvalue weighted by Gasteiger charge is -2.16. The number of pyridine rings is 1. The van der Waals surface area contributed by atoms with Crippen LogP contribution in [-0.2, 0) is 6.42 Å². The van der Waals surface area contributed by atoms with E-state index in [4.69, 9.17) is 4.98 Å². The molecule has 0 aliphatic carbocycles. The van der Waals surface area contributed by atoms with E-state index in [1.54, 1.807) is 12.1 Å². The average molecular weight is 373 g/mol. The van der Waals surface area contributed by atoms with Crippen molar-refractivity contribution < 1.29 is 5.11 Å². The smallest absolute Gasteiger partial charge is 0.115 e. The van der Waals surface area contributed by atoms with Crippen molar-refractivity contribution in [2.75, 3.05) is 13.6 Å². The van der Waals surface area contributed by atoms with Gasteiger partial charge in [-0.25, -0.2) is 0 Å². The van der Waals surface area contributed by atoms with Crippen LogP contribution in [0.3, 0.4) is 0 Å². The second kappa shape index (κ2) is 9.86. The Morgan fingerprint density at radius 2 is 1.61 bits per heavy atom. The normalized spacial score (nSPS) is 11.9. The molecule has 0 aliphatic heterocycles. The van der Waals surface area contributed by atoms with Crippen LogP contribution in [0.5, 0.6) is 5.75 Å². The summed E-state index contributed by atoms with van der Waals surface area (Å²) in [6.07, 6.45) is 4.94. The zero-order chi connectivity index (χ0) is 19.8. The Hall–Kier alpha value is -2.91. The first-order valence-corrected chi connectivity index (χ1v) is 9.90. The molecular formula is C25H28N2O. The Balaban J connectivity index is 2.06. The maximum Gasteiger partial charge on any atom is 0.115 e. The molecule has 0 unspecified atom stereocenters. The molecule has 0 bridgehead atoms. The van der Waals surface area contributed by atoms with E-state index in [1.807, 2.05) is 31.4 Å². The molecule has 1 aromatic heterocycles. The Bertz CT molecular complexity index is 898. The van der Waals surface area contributed by atoms with Crippen molar-refractivity contribution in [1.29, 1.82) is 0 Å². The molecule has 2 aromatic carbocycles. The molecule has 0 fully saturated rings. The fraction of sp³-hybridized carbons (Fsp3) is 0.240. The summed E-state index contributed by atoms with van der Waals surface area (Å²) < 4.78 is 0. The summed E-state index contributed by atoms with van der Waals surface area (Å²) in [4.78, 5) is 4.71. The number of aromatic nitrogens is 1. The Morgan fingerprint density at radius 3 is 2.21 bits per heavy atom. The first-order valence-electron chi connectivity index (χ1n) is 9.90. The third kappa shape index (κ3) is 4.87. The SMILES string of the molecule is CC/C(=C(\c1ccc(O)cc1)c1ccc(CCCNC)nc1)c1ccccc1. The fourth-order valence-electron chi connectivity index (χ4n) is 3.47. The third-order valence-corrected chi connectivity index (χ3v) is 4.91. The van der Waals surface area contributed by atoms with Crippen molar-refractivity contribution >= 4 is 11.1 Å². The van der Waals surface area contributed by atoms with Gasteiger partial charge in [0.05, 0.1) is 0 Å². The van der Waals surface area contributed by atoms with E-state index in [2.05, 4.69) is 48.6 Å². The summed E-state index contributed by atoms with van der Waals surface area (Å²) >= 11 is 0. The summed E-state index contributed by atoms with van der Waals surface area (Å²) in [6, 6.07) is 22.2. The van der Waals surface area contributed by atoms with Gasteiger partial charge in [0.1, 0.15) is 5.75 Å². The Labute approximate surface area is 167 Å². The van der Waals surface area contributed by atoms with Crippen molar-refractivity contribution in [3.8, 4) is 5.75 Å². The first-order chi connectivity index (χ1) is 13.7. The van der Waals surface area contributed by atoms with E-state index >= 15 is 0 Å². The largest absolute Gasteiger partial charge is 0.508 e. The van der Waals surface area contributed by atoms with Crippen LogP contribution in [-0.4, -0.2) is 23.7 Å². The van der Waals surface area contributed by atoms with E-state index in [-0.39, 0.29) is 5.75 Å². The highest BCUT2D eigenvalue weighted by atomic mass is 16.3. The summed E-state index contributed by atoms with van der Waals surface area (Å²) in [5.74, 6) is 0.277. The highest BCUT2D eigenvalue weighted by Gasteiger charge is 2.13. The van der Waals surface area contributed by atoms with Crippen LogP contribution in [0.25, 0.3) is 11.1 Å². The Morgan fingerprint density at radius 1 is 0.893 bits per heavy atom. The van der Waals surface area contributed by atoms with Crippen molar-refractivity contribution in [3.63, 3.8) is 0 Å². The van der Waals surface area contributed by atoms with Crippen molar-refractivity contribution in [2.24, 2.45) is 0 Å². The van der Waals surface area contributed by atoms with Crippen molar-refractivity contribution in [2.45, 2.75) is 26.2 Å². The summed E-state index contributed by atoms with van der Waals surface area (Å²) in [7, 11) is 1.97. The minimum atomic E-state index is 0.277. The van der Waals surface area contributed by atoms with Crippen molar-refractivity contribution in [1.82, 2.24) is 10.3 Å².